The van der Waals surface area contributed by atoms with E-state index in [1.165, 1.54) is 12.8 Å². The number of carbonyl (C=O) groups excluding carboxylic acids is 1. The maximum Gasteiger partial charge on any atom is 0.326 e. The van der Waals surface area contributed by atoms with Gasteiger partial charge in [0, 0.05) is 12.3 Å². The molecule has 21 heavy (non-hydrogen) atoms. The number of hydrogen-bond acceptors (Lipinski definition) is 2. The van der Waals surface area contributed by atoms with E-state index in [9.17, 15) is 14.7 Å². The summed E-state index contributed by atoms with van der Waals surface area (Å²) in [6, 6.07) is 8.60. The lowest BCUT2D eigenvalue weighted by Crippen LogP contribution is -2.43. The highest BCUT2D eigenvalue weighted by Gasteiger charge is 2.55. The molecule has 2 unspecified atom stereocenters. The molecule has 4 heteroatoms. The van der Waals surface area contributed by atoms with Crippen molar-refractivity contribution >= 4 is 11.9 Å². The van der Waals surface area contributed by atoms with E-state index in [-0.39, 0.29) is 11.8 Å². The Morgan fingerprint density at radius 2 is 1.76 bits per heavy atom. The molecule has 0 spiro atoms. The molecule has 0 bridgehead atoms. The zero-order valence-electron chi connectivity index (χ0n) is 12.0. The minimum Gasteiger partial charge on any atom is -0.480 e. The topological polar surface area (TPSA) is 66.4 Å². The molecule has 112 valence electrons. The van der Waals surface area contributed by atoms with Crippen LogP contribution in [0.15, 0.2) is 30.3 Å². The predicted octanol–water partition coefficient (Wildman–Crippen LogP) is 2.23. The smallest absolute Gasteiger partial charge is 0.326 e. The molecular weight excluding hydrogens is 266 g/mol. The predicted molar refractivity (Wildman–Crippen MR) is 78.7 cm³/mol. The number of rotatable bonds is 5. The quantitative estimate of drug-likeness (QED) is 0.872. The number of carbonyl (C=O) groups is 2. The highest BCUT2D eigenvalue weighted by molar-refractivity contribution is 5.87. The van der Waals surface area contributed by atoms with E-state index < -0.39 is 12.0 Å². The maximum atomic E-state index is 12.3. The van der Waals surface area contributed by atoms with E-state index >= 15 is 0 Å². The van der Waals surface area contributed by atoms with Crippen molar-refractivity contribution in [1.29, 1.82) is 0 Å². The van der Waals surface area contributed by atoms with Crippen LogP contribution in [0.2, 0.25) is 0 Å². The van der Waals surface area contributed by atoms with Gasteiger partial charge in [-0.2, -0.15) is 0 Å². The van der Waals surface area contributed by atoms with Crippen LogP contribution in [0.1, 0.15) is 31.2 Å². The Morgan fingerprint density at radius 3 is 2.33 bits per heavy atom. The first-order chi connectivity index (χ1) is 10.2. The minimum atomic E-state index is -0.962. The summed E-state index contributed by atoms with van der Waals surface area (Å²) in [6.45, 7) is 0. The van der Waals surface area contributed by atoms with Gasteiger partial charge in [0.2, 0.25) is 5.91 Å². The fraction of sp³-hybridized carbons (Fsp3) is 0.529. The molecule has 0 radical (unpaired) electrons. The summed E-state index contributed by atoms with van der Waals surface area (Å²) < 4.78 is 0. The van der Waals surface area contributed by atoms with E-state index in [2.05, 4.69) is 5.32 Å². The summed E-state index contributed by atoms with van der Waals surface area (Å²) in [5.74, 6) is 0.0472. The van der Waals surface area contributed by atoms with Crippen molar-refractivity contribution in [2.24, 2.45) is 17.8 Å². The van der Waals surface area contributed by atoms with E-state index in [0.29, 0.717) is 18.3 Å². The minimum absolute atomic E-state index is 0.0600. The molecule has 2 aliphatic rings. The first-order valence-electron chi connectivity index (χ1n) is 7.74. The molecule has 1 aromatic rings. The van der Waals surface area contributed by atoms with Gasteiger partial charge in [-0.25, -0.2) is 4.79 Å². The number of fused-ring (bicyclic) bond motifs is 1. The Hall–Kier alpha value is -1.84. The van der Waals surface area contributed by atoms with Crippen LogP contribution in [0.4, 0.5) is 0 Å². The number of nitrogens with one attached hydrogen (secondary N) is 1. The van der Waals surface area contributed by atoms with Crippen molar-refractivity contribution in [2.75, 3.05) is 0 Å². The molecule has 1 aromatic carbocycles. The molecule has 2 aliphatic carbocycles. The van der Waals surface area contributed by atoms with Crippen molar-refractivity contribution in [1.82, 2.24) is 5.32 Å². The summed E-state index contributed by atoms with van der Waals surface area (Å²) in [4.78, 5) is 23.7. The summed E-state index contributed by atoms with van der Waals surface area (Å²) in [7, 11) is 0. The van der Waals surface area contributed by atoms with Gasteiger partial charge >= 0.3 is 5.97 Å². The second-order valence-corrected chi connectivity index (χ2v) is 6.23. The molecule has 2 N–H and O–H groups in total. The third kappa shape index (κ3) is 3.09. The highest BCUT2D eigenvalue weighted by Crippen LogP contribution is 2.55. The third-order valence-corrected chi connectivity index (χ3v) is 4.86. The normalized spacial score (nSPS) is 28.3. The van der Waals surface area contributed by atoms with Crippen molar-refractivity contribution in [3.05, 3.63) is 35.9 Å². The first-order valence-corrected chi connectivity index (χ1v) is 7.74. The average molecular weight is 287 g/mol. The van der Waals surface area contributed by atoms with Crippen molar-refractivity contribution < 1.29 is 14.7 Å². The Kier molecular flexibility index (Phi) is 3.95. The standard InChI is InChI=1S/C17H21NO3/c19-16(15-12-8-4-5-9-13(12)15)18-14(17(20)21)10-11-6-2-1-3-7-11/h1-3,6-7,12-15H,4-5,8-10H2,(H,18,19)(H,20,21)/t12?,13?,14-,15?/m0/s1. The van der Waals surface area contributed by atoms with Crippen LogP contribution in [-0.2, 0) is 16.0 Å². The van der Waals surface area contributed by atoms with Crippen LogP contribution in [-0.4, -0.2) is 23.0 Å². The van der Waals surface area contributed by atoms with Gasteiger partial charge in [-0.3, -0.25) is 4.79 Å². The van der Waals surface area contributed by atoms with Gasteiger partial charge in [-0.15, -0.1) is 0 Å². The zero-order chi connectivity index (χ0) is 14.8. The van der Waals surface area contributed by atoms with E-state index in [0.717, 1.165) is 18.4 Å². The number of amides is 1. The Balaban J connectivity index is 1.60. The lowest BCUT2D eigenvalue weighted by Gasteiger charge is -2.14. The Morgan fingerprint density at radius 1 is 1.14 bits per heavy atom. The largest absolute Gasteiger partial charge is 0.480 e. The van der Waals surface area contributed by atoms with Crippen LogP contribution < -0.4 is 5.32 Å². The van der Waals surface area contributed by atoms with Gasteiger partial charge < -0.3 is 10.4 Å². The van der Waals surface area contributed by atoms with E-state index in [4.69, 9.17) is 0 Å². The maximum absolute atomic E-state index is 12.3. The Labute approximate surface area is 124 Å². The molecule has 0 aromatic heterocycles. The highest BCUT2D eigenvalue weighted by atomic mass is 16.4. The van der Waals surface area contributed by atoms with Crippen LogP contribution >= 0.6 is 0 Å². The van der Waals surface area contributed by atoms with Gasteiger partial charge in [0.15, 0.2) is 0 Å². The lowest BCUT2D eigenvalue weighted by atomic mass is 10.0. The average Bonchev–Trinajstić information content (AvgIpc) is 3.22. The molecule has 3 rings (SSSR count). The second kappa shape index (κ2) is 5.88. The van der Waals surface area contributed by atoms with E-state index in [1.54, 1.807) is 0 Å². The van der Waals surface area contributed by atoms with Gasteiger partial charge in [0.25, 0.3) is 0 Å². The van der Waals surface area contributed by atoms with Crippen LogP contribution in [0.3, 0.4) is 0 Å². The number of carboxylic acid groups (broad SMARTS) is 1. The third-order valence-electron chi connectivity index (χ3n) is 4.86. The fourth-order valence-electron chi connectivity index (χ4n) is 3.70. The number of aliphatic carboxylic acids is 1. The lowest BCUT2D eigenvalue weighted by molar-refractivity contribution is -0.142. The first kappa shape index (κ1) is 14.1. The molecule has 2 saturated carbocycles. The summed E-state index contributed by atoms with van der Waals surface area (Å²) in [5, 5.41) is 12.1. The van der Waals surface area contributed by atoms with Gasteiger partial charge in [0.05, 0.1) is 0 Å². The van der Waals surface area contributed by atoms with Crippen LogP contribution in [0, 0.1) is 17.8 Å². The number of hydrogen-bond donors (Lipinski definition) is 2. The number of carboxylic acids is 1. The molecule has 0 aliphatic heterocycles. The molecule has 0 heterocycles. The van der Waals surface area contributed by atoms with Crippen LogP contribution in [0.25, 0.3) is 0 Å². The molecular formula is C17H21NO3. The second-order valence-electron chi connectivity index (χ2n) is 6.23. The SMILES string of the molecule is O=C(N[C@@H](Cc1ccccc1)C(=O)O)C1C2CCCCC21. The Bertz CT molecular complexity index is 516. The monoisotopic (exact) mass is 287 g/mol. The van der Waals surface area contributed by atoms with Crippen molar-refractivity contribution in [3.8, 4) is 0 Å². The fourth-order valence-corrected chi connectivity index (χ4v) is 3.70. The van der Waals surface area contributed by atoms with Gasteiger partial charge in [-0.1, -0.05) is 43.2 Å². The summed E-state index contributed by atoms with van der Waals surface area (Å²) in [5.41, 5.74) is 0.929. The van der Waals surface area contributed by atoms with E-state index in [1.807, 2.05) is 30.3 Å². The molecule has 3 atom stereocenters. The molecule has 4 nitrogen and oxygen atoms in total. The zero-order valence-corrected chi connectivity index (χ0v) is 12.0. The number of benzene rings is 1. The molecule has 2 fully saturated rings. The summed E-state index contributed by atoms with van der Waals surface area (Å²) >= 11 is 0. The van der Waals surface area contributed by atoms with Crippen molar-refractivity contribution in [3.63, 3.8) is 0 Å². The van der Waals surface area contributed by atoms with Crippen LogP contribution in [0.5, 0.6) is 0 Å². The van der Waals surface area contributed by atoms with Crippen molar-refractivity contribution in [2.45, 2.75) is 38.1 Å². The van der Waals surface area contributed by atoms with Gasteiger partial charge in [0.1, 0.15) is 6.04 Å². The summed E-state index contributed by atoms with van der Waals surface area (Å²) in [6.07, 6.45) is 5.00. The van der Waals surface area contributed by atoms with Gasteiger partial charge in [-0.05, 0) is 30.2 Å². The molecule has 1 amide bonds. The molecule has 0 saturated heterocycles.